The number of aromatic nitrogens is 2. The largest absolute Gasteiger partial charge is 0.467 e. The molecule has 0 radical (unpaired) electrons. The van der Waals surface area contributed by atoms with Crippen molar-refractivity contribution < 1.29 is 27.3 Å². The Morgan fingerprint density at radius 1 is 1.12 bits per heavy atom. The average Bonchev–Trinajstić information content (AvgIpc) is 3.51. The maximum Gasteiger partial charge on any atom is 0.272 e. The van der Waals surface area contributed by atoms with E-state index < -0.39 is 37.0 Å². The Morgan fingerprint density at radius 2 is 1.85 bits per heavy atom. The minimum Gasteiger partial charge on any atom is -0.467 e. The zero-order valence-electron chi connectivity index (χ0n) is 23.5. The normalized spacial score (nSPS) is 11.9. The lowest BCUT2D eigenvalue weighted by molar-refractivity contribution is -0.385. The van der Waals surface area contributed by atoms with Gasteiger partial charge in [-0.15, -0.1) is 0 Å². The third-order valence-electron chi connectivity index (χ3n) is 5.95. The number of aryl methyl sites for hydroxylation is 2. The van der Waals surface area contributed by atoms with Gasteiger partial charge in [0.15, 0.2) is 5.69 Å². The fourth-order valence-corrected chi connectivity index (χ4v) is 5.62. The molecule has 0 saturated heterocycles. The molecule has 2 N–H and O–H groups in total. The summed E-state index contributed by atoms with van der Waals surface area (Å²) in [7, 11) is -4.27. The van der Waals surface area contributed by atoms with Crippen molar-refractivity contribution in [2.75, 3.05) is 0 Å². The fraction of sp³-hybridized carbons (Fsp3) is 0.286. The van der Waals surface area contributed by atoms with Crippen LogP contribution in [-0.4, -0.2) is 34.6 Å². The molecular formula is C28H31N5O7S. The highest BCUT2D eigenvalue weighted by molar-refractivity contribution is 7.89. The quantitative estimate of drug-likeness (QED) is 0.204. The van der Waals surface area contributed by atoms with Crippen LogP contribution in [0.4, 0.5) is 5.69 Å². The van der Waals surface area contributed by atoms with Crippen LogP contribution in [0.25, 0.3) is 5.69 Å². The number of ether oxygens (including phenoxy) is 1. The third-order valence-corrected chi connectivity index (χ3v) is 7.73. The zero-order chi connectivity index (χ0) is 30.1. The molecule has 4 aromatic rings. The minimum absolute atomic E-state index is 0.0478. The lowest BCUT2D eigenvalue weighted by Gasteiger charge is -2.21. The number of hydrogen-bond donors (Lipinski definition) is 2. The average molecular weight is 582 g/mol. The number of non-ortho nitro benzene ring substituents is 1. The number of amides is 1. The van der Waals surface area contributed by atoms with Crippen molar-refractivity contribution in [2.24, 2.45) is 0 Å². The van der Waals surface area contributed by atoms with Crippen molar-refractivity contribution >= 4 is 21.6 Å². The molecule has 0 aliphatic carbocycles. The lowest BCUT2D eigenvalue weighted by Crippen LogP contribution is -2.40. The van der Waals surface area contributed by atoms with Crippen molar-refractivity contribution in [3.8, 4) is 17.3 Å². The van der Waals surface area contributed by atoms with Crippen molar-refractivity contribution in [1.82, 2.24) is 19.8 Å². The summed E-state index contributed by atoms with van der Waals surface area (Å²) in [4.78, 5) is 23.6. The molecule has 216 valence electrons. The number of sulfonamides is 1. The highest BCUT2D eigenvalue weighted by Crippen LogP contribution is 2.36. The summed E-state index contributed by atoms with van der Waals surface area (Å²) < 4.78 is 42.2. The minimum atomic E-state index is -4.27. The van der Waals surface area contributed by atoms with E-state index in [9.17, 15) is 23.3 Å². The summed E-state index contributed by atoms with van der Waals surface area (Å²) >= 11 is 0. The van der Waals surface area contributed by atoms with Crippen LogP contribution in [0, 0.1) is 30.9 Å². The van der Waals surface area contributed by atoms with Gasteiger partial charge in [0.1, 0.15) is 16.4 Å². The summed E-state index contributed by atoms with van der Waals surface area (Å²) in [6.07, 6.45) is 1.50. The smallest absolute Gasteiger partial charge is 0.272 e. The van der Waals surface area contributed by atoms with Gasteiger partial charge in [-0.1, -0.05) is 12.1 Å². The number of furan rings is 1. The molecule has 2 aromatic heterocycles. The van der Waals surface area contributed by atoms with Gasteiger partial charge in [-0.05, 0) is 76.9 Å². The predicted molar refractivity (Wildman–Crippen MR) is 151 cm³/mol. The van der Waals surface area contributed by atoms with Gasteiger partial charge in [0.25, 0.3) is 11.6 Å². The van der Waals surface area contributed by atoms with E-state index in [0.29, 0.717) is 17.0 Å². The van der Waals surface area contributed by atoms with Gasteiger partial charge in [0, 0.05) is 23.2 Å². The van der Waals surface area contributed by atoms with Crippen LogP contribution in [0.1, 0.15) is 53.7 Å². The molecule has 0 spiro atoms. The maximum absolute atomic E-state index is 13.4. The molecule has 4 rings (SSSR count). The molecule has 12 nitrogen and oxygen atoms in total. The van der Waals surface area contributed by atoms with E-state index in [1.165, 1.54) is 17.0 Å². The third kappa shape index (κ3) is 6.64. The first kappa shape index (κ1) is 29.5. The topological polar surface area (TPSA) is 159 Å². The molecule has 0 bridgehead atoms. The highest BCUT2D eigenvalue weighted by Gasteiger charge is 2.30. The van der Waals surface area contributed by atoms with E-state index >= 15 is 0 Å². The molecule has 13 heteroatoms. The van der Waals surface area contributed by atoms with E-state index in [4.69, 9.17) is 9.15 Å². The van der Waals surface area contributed by atoms with Crippen LogP contribution in [0.2, 0.25) is 0 Å². The van der Waals surface area contributed by atoms with Gasteiger partial charge in [0.05, 0.1) is 23.4 Å². The van der Waals surface area contributed by atoms with Crippen LogP contribution in [0.3, 0.4) is 0 Å². The van der Waals surface area contributed by atoms with E-state index in [2.05, 4.69) is 15.1 Å². The Labute approximate surface area is 237 Å². The van der Waals surface area contributed by atoms with Gasteiger partial charge >= 0.3 is 0 Å². The first-order valence-corrected chi connectivity index (χ1v) is 14.1. The molecule has 0 unspecified atom stereocenters. The SMILES string of the molecule is Cc1ccc(C)c(-n2nc(C(=O)NCc3ccco3)c(C)c2Oc2ccc([N+](=O)[O-])cc2S(=O)(=O)NC(C)(C)C)c1. The number of benzene rings is 2. The fourth-order valence-electron chi connectivity index (χ4n) is 4.06. The number of rotatable bonds is 9. The summed E-state index contributed by atoms with van der Waals surface area (Å²) in [5, 5.41) is 18.8. The maximum atomic E-state index is 13.4. The Hall–Kier alpha value is -4.49. The monoisotopic (exact) mass is 581 g/mol. The van der Waals surface area contributed by atoms with E-state index in [-0.39, 0.29) is 23.9 Å². The van der Waals surface area contributed by atoms with Crippen LogP contribution in [-0.2, 0) is 16.6 Å². The second-order valence-electron chi connectivity index (χ2n) is 10.6. The summed E-state index contributed by atoms with van der Waals surface area (Å²) in [5.41, 5.74) is 1.41. The molecule has 2 heterocycles. The number of nitro groups is 1. The molecule has 0 saturated carbocycles. The van der Waals surface area contributed by atoms with Gasteiger partial charge in [-0.25, -0.2) is 13.1 Å². The highest BCUT2D eigenvalue weighted by atomic mass is 32.2. The second kappa shape index (κ2) is 11.2. The molecule has 0 fully saturated rings. The Morgan fingerprint density at radius 3 is 2.49 bits per heavy atom. The Kier molecular flexibility index (Phi) is 8.04. The molecule has 1 amide bonds. The number of nitrogens with one attached hydrogen (secondary N) is 2. The second-order valence-corrected chi connectivity index (χ2v) is 12.2. The summed E-state index contributed by atoms with van der Waals surface area (Å²) in [5.74, 6) is -0.0559. The molecular weight excluding hydrogens is 550 g/mol. The number of nitro benzene ring substituents is 1. The molecule has 41 heavy (non-hydrogen) atoms. The van der Waals surface area contributed by atoms with Gasteiger partial charge in [0.2, 0.25) is 15.9 Å². The molecule has 0 aliphatic heterocycles. The van der Waals surface area contributed by atoms with Crippen molar-refractivity contribution in [3.05, 3.63) is 93.1 Å². The zero-order valence-corrected chi connectivity index (χ0v) is 24.3. The van der Waals surface area contributed by atoms with Crippen LogP contribution < -0.4 is 14.8 Å². The molecule has 0 aliphatic rings. The summed E-state index contributed by atoms with van der Waals surface area (Å²) in [6.45, 7) is 10.5. The van der Waals surface area contributed by atoms with Crippen molar-refractivity contribution in [3.63, 3.8) is 0 Å². The van der Waals surface area contributed by atoms with Gasteiger partial charge in [-0.2, -0.15) is 9.78 Å². The van der Waals surface area contributed by atoms with Gasteiger partial charge in [-0.3, -0.25) is 14.9 Å². The first-order valence-electron chi connectivity index (χ1n) is 12.6. The lowest BCUT2D eigenvalue weighted by atomic mass is 10.1. The first-order chi connectivity index (χ1) is 19.2. The number of carbonyl (C=O) groups is 1. The standard InChI is InChI=1S/C28H31N5O7S/c1-17-9-10-18(2)22(14-17)32-27(19(3)25(30-32)26(34)29-16-21-8-7-13-39-21)40-23-12-11-20(33(35)36)15-24(23)41(37,38)31-28(4,5)6/h7-15,31H,16H2,1-6H3,(H,29,34). The Bertz CT molecular complexity index is 1720. The van der Waals surface area contributed by atoms with Gasteiger partial charge < -0.3 is 14.5 Å². The molecule has 2 aromatic carbocycles. The van der Waals surface area contributed by atoms with Crippen LogP contribution in [0.5, 0.6) is 11.6 Å². The Balaban J connectivity index is 1.86. The number of carbonyl (C=O) groups excluding carboxylic acids is 1. The summed E-state index contributed by atoms with van der Waals surface area (Å²) in [6, 6.07) is 12.4. The number of nitrogens with zero attached hydrogens (tertiary/aromatic N) is 3. The van der Waals surface area contributed by atoms with E-state index in [1.807, 2.05) is 32.0 Å². The van der Waals surface area contributed by atoms with E-state index in [1.54, 1.807) is 39.8 Å². The van der Waals surface area contributed by atoms with E-state index in [0.717, 1.165) is 23.3 Å². The number of hydrogen-bond acceptors (Lipinski definition) is 8. The molecule has 0 atom stereocenters. The van der Waals surface area contributed by atoms with Crippen LogP contribution >= 0.6 is 0 Å². The van der Waals surface area contributed by atoms with Crippen LogP contribution in [0.15, 0.2) is 64.1 Å². The van der Waals surface area contributed by atoms with Crippen molar-refractivity contribution in [2.45, 2.75) is 58.5 Å². The predicted octanol–water partition coefficient (Wildman–Crippen LogP) is 5.10. The van der Waals surface area contributed by atoms with Crippen molar-refractivity contribution in [1.29, 1.82) is 0 Å².